The summed E-state index contributed by atoms with van der Waals surface area (Å²) >= 11 is 8.17. The molecule has 4 aromatic rings. The van der Waals surface area contributed by atoms with Crippen molar-refractivity contribution in [2.75, 3.05) is 0 Å². The van der Waals surface area contributed by atoms with Gasteiger partial charge in [-0.3, -0.25) is 4.98 Å². The second-order valence-corrected chi connectivity index (χ2v) is 10.5. The summed E-state index contributed by atoms with van der Waals surface area (Å²) in [4.78, 5) is 5.49. The van der Waals surface area contributed by atoms with Crippen LogP contribution in [0.15, 0.2) is 35.0 Å². The highest BCUT2D eigenvalue weighted by Crippen LogP contribution is 2.48. The molecule has 1 unspecified atom stereocenters. The van der Waals surface area contributed by atoms with Crippen molar-refractivity contribution in [3.8, 4) is 16.9 Å². The van der Waals surface area contributed by atoms with Crippen LogP contribution in [0.3, 0.4) is 0 Å². The average Bonchev–Trinajstić information content (AvgIpc) is 3.54. The van der Waals surface area contributed by atoms with Crippen LogP contribution in [-0.4, -0.2) is 15.2 Å². The molecule has 1 N–H and O–H groups in total. The molecule has 4 heterocycles. The first kappa shape index (κ1) is 21.1. The molecule has 1 aromatic carbocycles. The zero-order valence-electron chi connectivity index (χ0n) is 18.4. The van der Waals surface area contributed by atoms with Crippen LogP contribution in [0, 0.1) is 0 Å². The molecule has 170 valence electrons. The SMILES string of the molecule is CCCC(O)c1cc2nccc(-c3cc(Cl)cc4c3O[C@@H](c3onc5c3CCCC5)C4)c2s1. The van der Waals surface area contributed by atoms with Gasteiger partial charge in [0, 0.05) is 44.8 Å². The van der Waals surface area contributed by atoms with E-state index in [-0.39, 0.29) is 6.10 Å². The molecule has 6 rings (SSSR count). The van der Waals surface area contributed by atoms with Gasteiger partial charge in [0.15, 0.2) is 11.9 Å². The van der Waals surface area contributed by atoms with Gasteiger partial charge in [-0.15, -0.1) is 11.3 Å². The highest BCUT2D eigenvalue weighted by atomic mass is 35.5. The first-order valence-electron chi connectivity index (χ1n) is 11.7. The number of nitrogens with zero attached hydrogens (tertiary/aromatic N) is 2. The molecule has 0 fully saturated rings. The quantitative estimate of drug-likeness (QED) is 0.333. The van der Waals surface area contributed by atoms with Crippen LogP contribution in [-0.2, 0) is 19.3 Å². The fraction of sp³-hybridized carbons (Fsp3) is 0.385. The number of ether oxygens (including phenoxy) is 1. The predicted molar refractivity (Wildman–Crippen MR) is 130 cm³/mol. The van der Waals surface area contributed by atoms with Crippen LogP contribution in [0.5, 0.6) is 5.75 Å². The maximum atomic E-state index is 10.5. The molecule has 0 spiro atoms. The molecule has 2 aliphatic rings. The number of hydrogen-bond acceptors (Lipinski definition) is 6. The van der Waals surface area contributed by atoms with Crippen molar-refractivity contribution in [3.05, 3.63) is 62.9 Å². The molecule has 2 atom stereocenters. The molecule has 0 radical (unpaired) electrons. The smallest absolute Gasteiger partial charge is 0.181 e. The van der Waals surface area contributed by atoms with Gasteiger partial charge < -0.3 is 14.4 Å². The Balaban J connectivity index is 1.42. The second kappa shape index (κ2) is 8.42. The van der Waals surface area contributed by atoms with Crippen molar-refractivity contribution in [1.82, 2.24) is 10.1 Å². The van der Waals surface area contributed by atoms with Crippen molar-refractivity contribution in [2.24, 2.45) is 0 Å². The van der Waals surface area contributed by atoms with Gasteiger partial charge in [-0.05, 0) is 56.4 Å². The third-order valence-electron chi connectivity index (χ3n) is 6.69. The summed E-state index contributed by atoms with van der Waals surface area (Å²) in [7, 11) is 0. The Kier molecular flexibility index (Phi) is 5.40. The molecule has 1 aliphatic carbocycles. The van der Waals surface area contributed by atoms with Gasteiger partial charge in [0.05, 0.1) is 22.0 Å². The Hall–Kier alpha value is -2.41. The molecule has 0 bridgehead atoms. The summed E-state index contributed by atoms with van der Waals surface area (Å²) in [6, 6.07) is 7.97. The first-order valence-corrected chi connectivity index (χ1v) is 12.8. The van der Waals surface area contributed by atoms with Gasteiger partial charge in [0.2, 0.25) is 0 Å². The third kappa shape index (κ3) is 3.65. The van der Waals surface area contributed by atoms with Gasteiger partial charge in [0.1, 0.15) is 5.75 Å². The number of hydrogen-bond donors (Lipinski definition) is 1. The van der Waals surface area contributed by atoms with Crippen LogP contribution in [0.1, 0.15) is 72.3 Å². The predicted octanol–water partition coefficient (Wildman–Crippen LogP) is 6.99. The third-order valence-corrected chi connectivity index (χ3v) is 8.17. The lowest BCUT2D eigenvalue weighted by atomic mass is 9.93. The number of pyridine rings is 1. The minimum atomic E-state index is -0.467. The van der Waals surface area contributed by atoms with Crippen molar-refractivity contribution in [2.45, 2.75) is 64.1 Å². The largest absolute Gasteiger partial charge is 0.481 e. The van der Waals surface area contributed by atoms with Gasteiger partial charge in [-0.25, -0.2) is 0 Å². The zero-order valence-corrected chi connectivity index (χ0v) is 20.0. The van der Waals surface area contributed by atoms with Crippen molar-refractivity contribution < 1.29 is 14.4 Å². The topological polar surface area (TPSA) is 68.4 Å². The molecule has 0 amide bonds. The molecule has 0 saturated heterocycles. The van der Waals surface area contributed by atoms with Gasteiger partial charge in [-0.2, -0.15) is 0 Å². The number of aliphatic hydroxyl groups excluding tert-OH is 1. The van der Waals surface area contributed by atoms with E-state index in [1.54, 1.807) is 11.3 Å². The number of thiophene rings is 1. The summed E-state index contributed by atoms with van der Waals surface area (Å²) in [5.41, 5.74) is 6.26. The normalized spacial score (nSPS) is 18.2. The maximum Gasteiger partial charge on any atom is 0.181 e. The first-order chi connectivity index (χ1) is 16.1. The minimum Gasteiger partial charge on any atom is -0.481 e. The highest BCUT2D eigenvalue weighted by Gasteiger charge is 2.34. The highest BCUT2D eigenvalue weighted by molar-refractivity contribution is 7.19. The Morgan fingerprint density at radius 3 is 2.97 bits per heavy atom. The lowest BCUT2D eigenvalue weighted by molar-refractivity contribution is 0.170. The summed E-state index contributed by atoms with van der Waals surface area (Å²) in [6.45, 7) is 2.08. The van der Waals surface area contributed by atoms with E-state index in [2.05, 4.69) is 17.1 Å². The zero-order chi connectivity index (χ0) is 22.5. The van der Waals surface area contributed by atoms with E-state index in [1.807, 2.05) is 30.5 Å². The van der Waals surface area contributed by atoms with E-state index in [0.29, 0.717) is 11.4 Å². The summed E-state index contributed by atoms with van der Waals surface area (Å²) in [5.74, 6) is 1.71. The lowest BCUT2D eigenvalue weighted by Crippen LogP contribution is -2.08. The molecular formula is C26H25ClN2O3S. The van der Waals surface area contributed by atoms with E-state index in [4.69, 9.17) is 20.9 Å². The number of aromatic nitrogens is 2. The Morgan fingerprint density at radius 2 is 2.09 bits per heavy atom. The van der Waals surface area contributed by atoms with Crippen molar-refractivity contribution in [1.29, 1.82) is 0 Å². The molecular weight excluding hydrogens is 456 g/mol. The Morgan fingerprint density at radius 1 is 1.21 bits per heavy atom. The lowest BCUT2D eigenvalue weighted by Gasteiger charge is -2.14. The Bertz CT molecular complexity index is 1350. The van der Waals surface area contributed by atoms with Crippen LogP contribution in [0.2, 0.25) is 5.02 Å². The Labute approximate surface area is 201 Å². The number of rotatable bonds is 5. The van der Waals surface area contributed by atoms with E-state index in [9.17, 15) is 5.11 Å². The minimum absolute atomic E-state index is 0.186. The van der Waals surface area contributed by atoms with Crippen LogP contribution in [0.25, 0.3) is 21.3 Å². The molecule has 5 nitrogen and oxygen atoms in total. The van der Waals surface area contributed by atoms with Crippen LogP contribution >= 0.6 is 22.9 Å². The monoisotopic (exact) mass is 480 g/mol. The van der Waals surface area contributed by atoms with Gasteiger partial charge in [0.25, 0.3) is 0 Å². The molecule has 0 saturated carbocycles. The van der Waals surface area contributed by atoms with Crippen molar-refractivity contribution in [3.63, 3.8) is 0 Å². The fourth-order valence-corrected chi connectivity index (χ4v) is 6.49. The van der Waals surface area contributed by atoms with E-state index in [1.165, 1.54) is 5.56 Å². The average molecular weight is 481 g/mol. The molecule has 3 aromatic heterocycles. The van der Waals surface area contributed by atoms with Crippen LogP contribution in [0.4, 0.5) is 0 Å². The summed E-state index contributed by atoms with van der Waals surface area (Å²) in [6.07, 6.45) is 7.85. The second-order valence-electron chi connectivity index (χ2n) is 8.96. The summed E-state index contributed by atoms with van der Waals surface area (Å²) < 4.78 is 13.4. The van der Waals surface area contributed by atoms with Crippen LogP contribution < -0.4 is 4.74 Å². The number of benzene rings is 1. The molecule has 1 aliphatic heterocycles. The molecule has 33 heavy (non-hydrogen) atoms. The van der Waals surface area contributed by atoms with E-state index < -0.39 is 6.10 Å². The summed E-state index contributed by atoms with van der Waals surface area (Å²) in [5, 5.41) is 15.5. The molecule has 7 heteroatoms. The number of halogens is 1. The van der Waals surface area contributed by atoms with E-state index in [0.717, 1.165) is 87.5 Å². The van der Waals surface area contributed by atoms with Gasteiger partial charge >= 0.3 is 0 Å². The number of aliphatic hydroxyl groups is 1. The van der Waals surface area contributed by atoms with Crippen molar-refractivity contribution >= 4 is 33.2 Å². The number of aryl methyl sites for hydroxylation is 1. The fourth-order valence-electron chi connectivity index (χ4n) is 5.09. The maximum absolute atomic E-state index is 10.5. The van der Waals surface area contributed by atoms with E-state index >= 15 is 0 Å². The number of fused-ring (bicyclic) bond motifs is 3. The standard InChI is InChI=1S/C26H25ClN2O3S/c1-2-5-21(30)23-13-20-26(33-23)16(8-9-28-20)18-12-15(27)10-14-11-22(31-24(14)18)25-17-6-3-4-7-19(17)29-32-25/h8-10,12-13,21-22,30H,2-7,11H2,1H3/t21?,22-/m1/s1. The van der Waals surface area contributed by atoms with Gasteiger partial charge in [-0.1, -0.05) is 30.1 Å².